The average molecular weight is 358 g/mol. The van der Waals surface area contributed by atoms with Gasteiger partial charge in [0.25, 0.3) is 0 Å². The van der Waals surface area contributed by atoms with Crippen LogP contribution in [0.3, 0.4) is 0 Å². The summed E-state index contributed by atoms with van der Waals surface area (Å²) in [7, 11) is 1.93. The summed E-state index contributed by atoms with van der Waals surface area (Å²) in [6.07, 6.45) is 14.2. The molecule has 3 heteroatoms. The Bertz CT molecular complexity index is 573. The number of methoxy groups -OCH3 is 1. The highest BCUT2D eigenvalue weighted by Gasteiger charge is 2.56. The smallest absolute Gasteiger partial charge is 0.223 e. The molecule has 26 heavy (non-hydrogen) atoms. The van der Waals surface area contributed by atoms with Gasteiger partial charge in [0.1, 0.15) is 0 Å². The van der Waals surface area contributed by atoms with E-state index in [1.165, 1.54) is 64.2 Å². The minimum absolute atomic E-state index is 0.177. The number of ether oxygens (including phenoxy) is 1. The first-order valence-electron chi connectivity index (χ1n) is 11.5. The molecule has 0 aromatic carbocycles. The van der Waals surface area contributed by atoms with E-state index in [4.69, 9.17) is 4.74 Å². The van der Waals surface area contributed by atoms with E-state index in [2.05, 4.69) is 4.90 Å². The molecule has 4 unspecified atom stereocenters. The van der Waals surface area contributed by atoms with Crippen molar-refractivity contribution in [2.75, 3.05) is 13.7 Å². The van der Waals surface area contributed by atoms with Gasteiger partial charge >= 0.3 is 0 Å². The van der Waals surface area contributed by atoms with E-state index in [0.29, 0.717) is 17.9 Å². The van der Waals surface area contributed by atoms with E-state index in [-0.39, 0.29) is 5.60 Å². The Hall–Kier alpha value is -0.570. The summed E-state index contributed by atoms with van der Waals surface area (Å²) in [4.78, 5) is 15.8. The van der Waals surface area contributed by atoms with E-state index in [1.54, 1.807) is 0 Å². The van der Waals surface area contributed by atoms with Crippen molar-refractivity contribution < 1.29 is 9.53 Å². The molecule has 3 nitrogen and oxygen atoms in total. The highest BCUT2D eigenvalue weighted by atomic mass is 16.5. The van der Waals surface area contributed by atoms with Gasteiger partial charge in [-0.05, 0) is 106 Å². The molecule has 0 spiro atoms. The summed E-state index contributed by atoms with van der Waals surface area (Å²) in [5.41, 5.74) is 0.177. The van der Waals surface area contributed by atoms with E-state index in [0.717, 1.165) is 48.5 Å². The maximum absolute atomic E-state index is 13.5. The molecule has 0 N–H and O–H groups in total. The lowest BCUT2D eigenvalue weighted by atomic mass is 9.49. The van der Waals surface area contributed by atoms with Gasteiger partial charge in [-0.15, -0.1) is 0 Å². The Kier molecular flexibility index (Phi) is 3.60. The van der Waals surface area contributed by atoms with Gasteiger partial charge in [0.15, 0.2) is 0 Å². The zero-order valence-corrected chi connectivity index (χ0v) is 16.4. The molecular weight excluding hydrogens is 322 g/mol. The van der Waals surface area contributed by atoms with Crippen molar-refractivity contribution >= 4 is 5.91 Å². The fourth-order valence-electron chi connectivity index (χ4n) is 9.05. The minimum atomic E-state index is 0.177. The van der Waals surface area contributed by atoms with Crippen LogP contribution >= 0.6 is 0 Å². The second kappa shape index (κ2) is 5.72. The molecule has 1 amide bonds. The van der Waals surface area contributed by atoms with Gasteiger partial charge in [-0.1, -0.05) is 0 Å². The lowest BCUT2D eigenvalue weighted by Gasteiger charge is -2.59. The van der Waals surface area contributed by atoms with Gasteiger partial charge in [0, 0.05) is 26.1 Å². The summed E-state index contributed by atoms with van der Waals surface area (Å²) >= 11 is 0. The number of amides is 1. The zero-order chi connectivity index (χ0) is 17.5. The van der Waals surface area contributed by atoms with Gasteiger partial charge in [-0.25, -0.2) is 0 Å². The van der Waals surface area contributed by atoms with Crippen molar-refractivity contribution in [1.82, 2.24) is 4.90 Å². The van der Waals surface area contributed by atoms with Crippen molar-refractivity contribution in [3.05, 3.63) is 0 Å². The third kappa shape index (κ3) is 2.45. The average Bonchev–Trinajstić information content (AvgIpc) is 2.81. The first-order chi connectivity index (χ1) is 12.6. The number of hydrogen-bond acceptors (Lipinski definition) is 2. The molecule has 8 bridgehead atoms. The van der Waals surface area contributed by atoms with Crippen molar-refractivity contribution in [2.24, 2.45) is 41.4 Å². The molecule has 8 fully saturated rings. The van der Waals surface area contributed by atoms with E-state index >= 15 is 0 Å². The van der Waals surface area contributed by atoms with Crippen LogP contribution in [0.4, 0.5) is 0 Å². The number of hydrogen-bond donors (Lipinski definition) is 0. The van der Waals surface area contributed by atoms with Gasteiger partial charge in [-0.3, -0.25) is 4.79 Å². The standard InChI is InChI=1S/C23H35NO2/c1-26-23-10-16-5-18(11-23)21(19(6-16)12-23)9-22(25)24-13-17-3-14-2-15(4-17)8-20(24)7-14/h14-21H,2-13H2,1H3. The fourth-order valence-corrected chi connectivity index (χ4v) is 9.05. The van der Waals surface area contributed by atoms with Gasteiger partial charge < -0.3 is 9.64 Å². The third-order valence-electron chi connectivity index (χ3n) is 9.68. The summed E-state index contributed by atoms with van der Waals surface area (Å²) in [6, 6.07) is 0.584. The number of carbonyl (C=O) groups excluding carboxylic acids is 1. The van der Waals surface area contributed by atoms with Crippen LogP contribution in [0.5, 0.6) is 0 Å². The van der Waals surface area contributed by atoms with Gasteiger partial charge in [0.2, 0.25) is 5.91 Å². The molecular formula is C23H35NO2. The minimum Gasteiger partial charge on any atom is -0.378 e. The monoisotopic (exact) mass is 357 g/mol. The highest BCUT2D eigenvalue weighted by molar-refractivity contribution is 5.77. The Labute approximate surface area is 158 Å². The molecule has 0 aromatic rings. The lowest BCUT2D eigenvalue weighted by Crippen LogP contribution is -2.56. The topological polar surface area (TPSA) is 29.5 Å². The Morgan fingerprint density at radius 3 is 2.19 bits per heavy atom. The third-order valence-corrected chi connectivity index (χ3v) is 9.68. The van der Waals surface area contributed by atoms with Crippen LogP contribution in [-0.2, 0) is 9.53 Å². The van der Waals surface area contributed by atoms with E-state index < -0.39 is 0 Å². The van der Waals surface area contributed by atoms with Crippen molar-refractivity contribution in [2.45, 2.75) is 82.3 Å². The maximum atomic E-state index is 13.5. The zero-order valence-electron chi connectivity index (χ0n) is 16.4. The molecule has 2 aliphatic heterocycles. The predicted molar refractivity (Wildman–Crippen MR) is 100 cm³/mol. The Morgan fingerprint density at radius 2 is 1.54 bits per heavy atom. The number of rotatable bonds is 3. The molecule has 144 valence electrons. The van der Waals surface area contributed by atoms with Crippen LogP contribution in [0.1, 0.15) is 70.6 Å². The number of carbonyl (C=O) groups is 1. The van der Waals surface area contributed by atoms with Crippen LogP contribution in [0.2, 0.25) is 0 Å². The Morgan fingerprint density at radius 1 is 0.885 bits per heavy atom. The SMILES string of the molecule is COC12CC3CC(C1)C(CC(=O)N1CC4CC5CC(C4)CC1C5)C(C3)C2. The second-order valence-corrected chi connectivity index (χ2v) is 11.2. The first-order valence-corrected chi connectivity index (χ1v) is 11.5. The van der Waals surface area contributed by atoms with Crippen molar-refractivity contribution in [1.29, 1.82) is 0 Å². The molecule has 8 rings (SSSR count). The van der Waals surface area contributed by atoms with Crippen LogP contribution in [0.25, 0.3) is 0 Å². The van der Waals surface area contributed by atoms with E-state index in [1.807, 2.05) is 7.11 Å². The van der Waals surface area contributed by atoms with Crippen molar-refractivity contribution in [3.63, 3.8) is 0 Å². The summed E-state index contributed by atoms with van der Waals surface area (Å²) < 4.78 is 6.01. The van der Waals surface area contributed by atoms with Crippen LogP contribution < -0.4 is 0 Å². The molecule has 4 atom stereocenters. The van der Waals surface area contributed by atoms with Crippen LogP contribution in [0.15, 0.2) is 0 Å². The highest BCUT2D eigenvalue weighted by Crippen LogP contribution is 2.60. The predicted octanol–water partition coefficient (Wildman–Crippen LogP) is 4.25. The lowest BCUT2D eigenvalue weighted by molar-refractivity contribution is -0.174. The van der Waals surface area contributed by atoms with Gasteiger partial charge in [0.05, 0.1) is 5.60 Å². The molecule has 2 saturated heterocycles. The molecule has 0 radical (unpaired) electrons. The summed E-state index contributed by atoms with van der Waals surface area (Å²) in [5, 5.41) is 0. The molecule has 0 aromatic heterocycles. The largest absolute Gasteiger partial charge is 0.378 e. The second-order valence-electron chi connectivity index (χ2n) is 11.2. The molecule has 6 saturated carbocycles. The number of nitrogens with zero attached hydrogens (tertiary/aromatic N) is 1. The van der Waals surface area contributed by atoms with Crippen LogP contribution in [-0.4, -0.2) is 36.1 Å². The maximum Gasteiger partial charge on any atom is 0.223 e. The van der Waals surface area contributed by atoms with Crippen LogP contribution in [0, 0.1) is 41.4 Å². The molecule has 2 heterocycles. The number of fused-ring (bicyclic) bond motifs is 1. The van der Waals surface area contributed by atoms with Crippen molar-refractivity contribution in [3.8, 4) is 0 Å². The first kappa shape index (κ1) is 16.4. The fraction of sp³-hybridized carbons (Fsp3) is 0.957. The normalized spacial score (nSPS) is 54.0. The Balaban J connectivity index is 1.19. The molecule has 8 aliphatic rings. The summed E-state index contributed by atoms with van der Waals surface area (Å²) in [5.74, 6) is 6.23. The quantitative estimate of drug-likeness (QED) is 0.755. The summed E-state index contributed by atoms with van der Waals surface area (Å²) in [6.45, 7) is 1.09. The van der Waals surface area contributed by atoms with Gasteiger partial charge in [-0.2, -0.15) is 0 Å². The molecule has 6 aliphatic carbocycles. The van der Waals surface area contributed by atoms with E-state index in [9.17, 15) is 4.79 Å².